The molecule has 0 aliphatic heterocycles. The number of carbonyl (C=O) groups excluding carboxylic acids is 1. The first-order valence-corrected chi connectivity index (χ1v) is 6.94. The van der Waals surface area contributed by atoms with Crippen LogP contribution in [0.3, 0.4) is 0 Å². The van der Waals surface area contributed by atoms with Gasteiger partial charge in [-0.25, -0.2) is 4.79 Å². The first kappa shape index (κ1) is 12.6. The average molecular weight is 255 g/mol. The van der Waals surface area contributed by atoms with Crippen LogP contribution in [0.15, 0.2) is 0 Å². The minimum atomic E-state index is -0.0509. The molecule has 0 bridgehead atoms. The van der Waals surface area contributed by atoms with Crippen molar-refractivity contribution < 1.29 is 4.79 Å². The van der Waals surface area contributed by atoms with Crippen LogP contribution >= 0.6 is 12.2 Å². The van der Waals surface area contributed by atoms with Crippen molar-refractivity contribution in [1.29, 1.82) is 0 Å². The largest absolute Gasteiger partial charge is 0.393 e. The van der Waals surface area contributed by atoms with Crippen LogP contribution in [0.4, 0.5) is 4.79 Å². The molecule has 0 aromatic carbocycles. The molecule has 2 aliphatic carbocycles. The summed E-state index contributed by atoms with van der Waals surface area (Å²) in [7, 11) is 0. The van der Waals surface area contributed by atoms with E-state index in [0.717, 1.165) is 32.1 Å². The van der Waals surface area contributed by atoms with Gasteiger partial charge in [0.25, 0.3) is 0 Å². The number of urea groups is 1. The summed E-state index contributed by atoms with van der Waals surface area (Å²) >= 11 is 5.03. The Balaban J connectivity index is 1.79. The molecule has 0 aromatic heterocycles. The summed E-state index contributed by atoms with van der Waals surface area (Å²) in [5.41, 5.74) is 5.69. The lowest BCUT2D eigenvalue weighted by Gasteiger charge is -2.21. The Kier molecular flexibility index (Phi) is 4.20. The molecule has 0 heterocycles. The normalized spacial score (nSPS) is 29.2. The molecule has 0 aromatic rings. The molecule has 2 rings (SSSR count). The van der Waals surface area contributed by atoms with Crippen molar-refractivity contribution in [1.82, 2.24) is 10.6 Å². The number of nitrogens with one attached hydrogen (secondary N) is 2. The lowest BCUT2D eigenvalue weighted by molar-refractivity contribution is 0.232. The standard InChI is InChI=1S/C12H21N3OS/c13-11(17)9-6-3-7-10(9)15-12(16)14-8-4-1-2-5-8/h8-10H,1-7H2,(H2,13,17)(H2,14,15,16). The van der Waals surface area contributed by atoms with Crippen molar-refractivity contribution in [2.24, 2.45) is 11.7 Å². The van der Waals surface area contributed by atoms with Crippen LogP contribution in [0.25, 0.3) is 0 Å². The summed E-state index contributed by atoms with van der Waals surface area (Å²) in [5.74, 6) is 0.180. The molecule has 5 heteroatoms. The molecular formula is C12H21N3OS. The molecule has 2 fully saturated rings. The molecule has 17 heavy (non-hydrogen) atoms. The maximum atomic E-state index is 11.8. The monoisotopic (exact) mass is 255 g/mol. The third-order valence-electron chi connectivity index (χ3n) is 3.89. The predicted octanol–water partition coefficient (Wildman–Crippen LogP) is 1.68. The van der Waals surface area contributed by atoms with Crippen molar-refractivity contribution >= 4 is 23.2 Å². The summed E-state index contributed by atoms with van der Waals surface area (Å²) in [6.45, 7) is 0. The topological polar surface area (TPSA) is 67.1 Å². The first-order chi connectivity index (χ1) is 8.16. The second-order valence-corrected chi connectivity index (χ2v) is 5.62. The number of hydrogen-bond acceptors (Lipinski definition) is 2. The molecule has 2 saturated carbocycles. The minimum absolute atomic E-state index is 0.0509. The van der Waals surface area contributed by atoms with Gasteiger partial charge < -0.3 is 16.4 Å². The molecule has 0 spiro atoms. The van der Waals surface area contributed by atoms with Crippen molar-refractivity contribution in [2.75, 3.05) is 0 Å². The highest BCUT2D eigenvalue weighted by atomic mass is 32.1. The third kappa shape index (κ3) is 3.31. The van der Waals surface area contributed by atoms with Gasteiger partial charge in [-0.1, -0.05) is 31.5 Å². The van der Waals surface area contributed by atoms with E-state index in [1.165, 1.54) is 12.8 Å². The summed E-state index contributed by atoms with van der Waals surface area (Å²) in [5, 5.41) is 6.05. The molecule has 0 saturated heterocycles. The van der Waals surface area contributed by atoms with Gasteiger partial charge in [0.1, 0.15) is 0 Å². The van der Waals surface area contributed by atoms with E-state index >= 15 is 0 Å². The fourth-order valence-corrected chi connectivity index (χ4v) is 3.22. The molecule has 0 radical (unpaired) electrons. The van der Waals surface area contributed by atoms with Crippen LogP contribution in [0.5, 0.6) is 0 Å². The maximum absolute atomic E-state index is 11.8. The van der Waals surface area contributed by atoms with Crippen molar-refractivity contribution in [2.45, 2.75) is 57.0 Å². The van der Waals surface area contributed by atoms with Gasteiger partial charge in [0.05, 0.1) is 4.99 Å². The van der Waals surface area contributed by atoms with Gasteiger partial charge in [0.15, 0.2) is 0 Å². The van der Waals surface area contributed by atoms with E-state index in [0.29, 0.717) is 11.0 Å². The maximum Gasteiger partial charge on any atom is 0.315 e. The first-order valence-electron chi connectivity index (χ1n) is 6.53. The summed E-state index contributed by atoms with van der Waals surface area (Å²) in [6, 6.07) is 0.443. The second kappa shape index (κ2) is 5.67. The fourth-order valence-electron chi connectivity index (χ4n) is 2.94. The number of rotatable bonds is 3. The van der Waals surface area contributed by atoms with Crippen LogP contribution in [0.2, 0.25) is 0 Å². The number of amides is 2. The Hall–Kier alpha value is -0.840. The van der Waals surface area contributed by atoms with Gasteiger partial charge in [0.2, 0.25) is 0 Å². The predicted molar refractivity (Wildman–Crippen MR) is 71.8 cm³/mol. The SMILES string of the molecule is NC(=S)C1CCCC1NC(=O)NC1CCCC1. The van der Waals surface area contributed by atoms with Crippen LogP contribution in [-0.2, 0) is 0 Å². The van der Waals surface area contributed by atoms with E-state index in [2.05, 4.69) is 10.6 Å². The smallest absolute Gasteiger partial charge is 0.315 e. The van der Waals surface area contributed by atoms with Crippen molar-refractivity contribution in [3.05, 3.63) is 0 Å². The molecule has 4 N–H and O–H groups in total. The molecule has 4 nitrogen and oxygen atoms in total. The number of carbonyl (C=O) groups is 1. The Morgan fingerprint density at radius 2 is 1.76 bits per heavy atom. The van der Waals surface area contributed by atoms with Gasteiger partial charge in [-0.15, -0.1) is 0 Å². The van der Waals surface area contributed by atoms with E-state index in [4.69, 9.17) is 18.0 Å². The Bertz CT molecular complexity index is 302. The van der Waals surface area contributed by atoms with Crippen LogP contribution in [0.1, 0.15) is 44.9 Å². The highest BCUT2D eigenvalue weighted by Crippen LogP contribution is 2.26. The van der Waals surface area contributed by atoms with Gasteiger partial charge in [-0.3, -0.25) is 0 Å². The third-order valence-corrected chi connectivity index (χ3v) is 4.19. The van der Waals surface area contributed by atoms with Gasteiger partial charge >= 0.3 is 6.03 Å². The van der Waals surface area contributed by atoms with Gasteiger partial charge in [-0.2, -0.15) is 0 Å². The van der Waals surface area contributed by atoms with E-state index < -0.39 is 0 Å². The number of hydrogen-bond donors (Lipinski definition) is 3. The Labute approximate surface area is 108 Å². The number of thiocarbonyl (C=S) groups is 1. The summed E-state index contributed by atoms with van der Waals surface area (Å²) < 4.78 is 0. The molecular weight excluding hydrogens is 234 g/mol. The number of nitrogens with two attached hydrogens (primary N) is 1. The Morgan fingerprint density at radius 3 is 2.41 bits per heavy atom. The average Bonchev–Trinajstić information content (AvgIpc) is 2.88. The zero-order chi connectivity index (χ0) is 12.3. The van der Waals surface area contributed by atoms with Crippen molar-refractivity contribution in [3.63, 3.8) is 0 Å². The Morgan fingerprint density at radius 1 is 1.06 bits per heavy atom. The van der Waals surface area contributed by atoms with Crippen molar-refractivity contribution in [3.8, 4) is 0 Å². The molecule has 2 unspecified atom stereocenters. The molecule has 2 aliphatic rings. The second-order valence-electron chi connectivity index (χ2n) is 5.15. The van der Waals surface area contributed by atoms with E-state index in [-0.39, 0.29) is 18.0 Å². The van der Waals surface area contributed by atoms with Crippen LogP contribution < -0.4 is 16.4 Å². The van der Waals surface area contributed by atoms with E-state index in [1.54, 1.807) is 0 Å². The summed E-state index contributed by atoms with van der Waals surface area (Å²) in [4.78, 5) is 12.4. The highest BCUT2D eigenvalue weighted by molar-refractivity contribution is 7.80. The molecule has 2 amide bonds. The lowest BCUT2D eigenvalue weighted by atomic mass is 10.0. The molecule has 96 valence electrons. The zero-order valence-corrected chi connectivity index (χ0v) is 10.9. The lowest BCUT2D eigenvalue weighted by Crippen LogP contribution is -2.48. The fraction of sp³-hybridized carbons (Fsp3) is 0.833. The van der Waals surface area contributed by atoms with Crippen LogP contribution in [-0.4, -0.2) is 23.1 Å². The quantitative estimate of drug-likeness (QED) is 0.672. The summed E-state index contributed by atoms with van der Waals surface area (Å²) in [6.07, 6.45) is 7.75. The zero-order valence-electron chi connectivity index (χ0n) is 10.1. The minimum Gasteiger partial charge on any atom is -0.393 e. The van der Waals surface area contributed by atoms with Gasteiger partial charge in [0, 0.05) is 18.0 Å². The van der Waals surface area contributed by atoms with E-state index in [9.17, 15) is 4.79 Å². The van der Waals surface area contributed by atoms with Crippen LogP contribution in [0, 0.1) is 5.92 Å². The van der Waals surface area contributed by atoms with Gasteiger partial charge in [-0.05, 0) is 25.7 Å². The van der Waals surface area contributed by atoms with E-state index in [1.807, 2.05) is 0 Å². The highest BCUT2D eigenvalue weighted by Gasteiger charge is 2.31. The molecule has 2 atom stereocenters.